The first-order valence-corrected chi connectivity index (χ1v) is 18.4. The Morgan fingerprint density at radius 1 is 0.396 bits per heavy atom. The molecular weight excluding hydrogens is 643 g/mol. The molecule has 0 spiro atoms. The normalized spacial score (nSPS) is 12.9. The summed E-state index contributed by atoms with van der Waals surface area (Å²) >= 11 is 0. The van der Waals surface area contributed by atoms with Crippen LogP contribution in [0.25, 0.3) is 66.4 Å². The van der Waals surface area contributed by atoms with Crippen molar-refractivity contribution >= 4 is 39.0 Å². The van der Waals surface area contributed by atoms with Crippen LogP contribution in [-0.4, -0.2) is 0 Å². The molecule has 0 unspecified atom stereocenters. The second-order valence-corrected chi connectivity index (χ2v) is 14.5. The summed E-state index contributed by atoms with van der Waals surface area (Å²) in [6, 6.07) is 68.0. The molecule has 53 heavy (non-hydrogen) atoms. The first-order valence-electron chi connectivity index (χ1n) is 18.4. The number of para-hydroxylation sites is 1. The van der Waals surface area contributed by atoms with E-state index in [1.54, 1.807) is 0 Å². The van der Waals surface area contributed by atoms with E-state index in [9.17, 15) is 0 Å². The van der Waals surface area contributed by atoms with Gasteiger partial charge in [0.1, 0.15) is 11.2 Å². The molecule has 1 aromatic heterocycles. The van der Waals surface area contributed by atoms with Crippen LogP contribution in [0.1, 0.15) is 25.0 Å². The minimum Gasteiger partial charge on any atom is -0.456 e. The molecule has 0 fully saturated rings. The predicted octanol–water partition coefficient (Wildman–Crippen LogP) is 14.4. The Morgan fingerprint density at radius 3 is 1.75 bits per heavy atom. The van der Waals surface area contributed by atoms with E-state index < -0.39 is 0 Å². The molecule has 1 heterocycles. The zero-order valence-electron chi connectivity index (χ0n) is 29.8. The molecule has 0 radical (unpaired) electrons. The summed E-state index contributed by atoms with van der Waals surface area (Å²) in [6.07, 6.45) is 0. The Kier molecular flexibility index (Phi) is 7.19. The van der Waals surface area contributed by atoms with Gasteiger partial charge < -0.3 is 9.32 Å². The summed E-state index contributed by atoms with van der Waals surface area (Å²) in [6.45, 7) is 4.71. The van der Waals surface area contributed by atoms with Gasteiger partial charge in [0, 0.05) is 33.0 Å². The Morgan fingerprint density at radius 2 is 0.962 bits per heavy atom. The molecule has 252 valence electrons. The summed E-state index contributed by atoms with van der Waals surface area (Å²) in [7, 11) is 0. The quantitative estimate of drug-likeness (QED) is 0.174. The summed E-state index contributed by atoms with van der Waals surface area (Å²) in [5, 5.41) is 2.23. The third-order valence-corrected chi connectivity index (χ3v) is 11.1. The lowest BCUT2D eigenvalue weighted by Crippen LogP contribution is -2.16. The van der Waals surface area contributed by atoms with Crippen molar-refractivity contribution in [1.29, 1.82) is 0 Å². The largest absolute Gasteiger partial charge is 0.456 e. The van der Waals surface area contributed by atoms with Gasteiger partial charge in [-0.15, -0.1) is 0 Å². The fraction of sp³-hybridized carbons (Fsp3) is 0.0588. The van der Waals surface area contributed by atoms with Crippen LogP contribution in [0.4, 0.5) is 17.1 Å². The van der Waals surface area contributed by atoms with Gasteiger partial charge in [-0.3, -0.25) is 0 Å². The standard InChI is InChI=1S/C51H37NO/c1-51(2)43-22-11-9-20-41(43)50-44(51)23-14-25-46(50)52(38-30-27-35(28-31-38)34-15-5-3-6-16-34)45-24-13-21-39(36-17-7-4-8-18-36)49(45)37-29-32-48-42(33-37)40-19-10-12-26-47(40)53-48/h3-33H,1-2H3. The van der Waals surface area contributed by atoms with Crippen molar-refractivity contribution in [3.8, 4) is 44.5 Å². The molecule has 0 bridgehead atoms. The first-order chi connectivity index (χ1) is 26.1. The molecule has 2 nitrogen and oxygen atoms in total. The van der Waals surface area contributed by atoms with Gasteiger partial charge in [-0.05, 0) is 87.0 Å². The Labute approximate surface area is 310 Å². The monoisotopic (exact) mass is 679 g/mol. The summed E-state index contributed by atoms with van der Waals surface area (Å²) in [5.74, 6) is 0. The molecule has 0 N–H and O–H groups in total. The van der Waals surface area contributed by atoms with E-state index in [1.807, 2.05) is 6.07 Å². The molecule has 0 saturated heterocycles. The van der Waals surface area contributed by atoms with E-state index >= 15 is 0 Å². The molecule has 0 amide bonds. The van der Waals surface area contributed by atoms with Crippen molar-refractivity contribution < 1.29 is 4.42 Å². The number of anilines is 3. The number of fused-ring (bicyclic) bond motifs is 6. The number of benzene rings is 8. The van der Waals surface area contributed by atoms with Crippen LogP contribution < -0.4 is 4.90 Å². The lowest BCUT2D eigenvalue weighted by atomic mass is 9.82. The number of hydrogen-bond acceptors (Lipinski definition) is 2. The summed E-state index contributed by atoms with van der Waals surface area (Å²) < 4.78 is 6.31. The van der Waals surface area contributed by atoms with Gasteiger partial charge >= 0.3 is 0 Å². The summed E-state index contributed by atoms with van der Waals surface area (Å²) in [5.41, 5.74) is 17.4. The van der Waals surface area contributed by atoms with Crippen molar-refractivity contribution in [3.63, 3.8) is 0 Å². The Bertz CT molecular complexity index is 2790. The van der Waals surface area contributed by atoms with E-state index in [0.717, 1.165) is 44.6 Å². The third-order valence-electron chi connectivity index (χ3n) is 11.1. The van der Waals surface area contributed by atoms with Crippen molar-refractivity contribution in [1.82, 2.24) is 0 Å². The topological polar surface area (TPSA) is 16.4 Å². The number of nitrogens with zero attached hydrogens (tertiary/aromatic N) is 1. The Hall–Kier alpha value is -6.64. The molecular formula is C51H37NO. The second-order valence-electron chi connectivity index (χ2n) is 14.5. The zero-order chi connectivity index (χ0) is 35.5. The van der Waals surface area contributed by atoms with Crippen LogP contribution in [0.3, 0.4) is 0 Å². The van der Waals surface area contributed by atoms with Gasteiger partial charge in [0.2, 0.25) is 0 Å². The molecule has 9 aromatic rings. The average Bonchev–Trinajstić information content (AvgIpc) is 3.70. The highest BCUT2D eigenvalue weighted by atomic mass is 16.3. The van der Waals surface area contributed by atoms with Gasteiger partial charge in [-0.2, -0.15) is 0 Å². The van der Waals surface area contributed by atoms with Crippen LogP contribution in [0, 0.1) is 0 Å². The SMILES string of the molecule is CC1(C)c2ccccc2-c2c(N(c3ccc(-c4ccccc4)cc3)c3cccc(-c4ccccc4)c3-c3ccc4oc5ccccc5c4c3)cccc21. The van der Waals surface area contributed by atoms with Crippen molar-refractivity contribution in [2.45, 2.75) is 19.3 Å². The van der Waals surface area contributed by atoms with Gasteiger partial charge in [0.25, 0.3) is 0 Å². The minimum atomic E-state index is -0.132. The number of furan rings is 1. The van der Waals surface area contributed by atoms with Crippen molar-refractivity contribution in [2.24, 2.45) is 0 Å². The average molecular weight is 680 g/mol. The lowest BCUT2D eigenvalue weighted by molar-refractivity contribution is 0.660. The minimum absolute atomic E-state index is 0.132. The molecule has 1 aliphatic carbocycles. The Balaban J connectivity index is 1.28. The van der Waals surface area contributed by atoms with E-state index in [4.69, 9.17) is 4.42 Å². The molecule has 10 rings (SSSR count). The molecule has 0 atom stereocenters. The highest BCUT2D eigenvalue weighted by Crippen LogP contribution is 2.55. The molecule has 0 saturated carbocycles. The molecule has 2 heteroatoms. The fourth-order valence-corrected chi connectivity index (χ4v) is 8.53. The van der Waals surface area contributed by atoms with E-state index in [0.29, 0.717) is 0 Å². The van der Waals surface area contributed by atoms with E-state index in [1.165, 1.54) is 50.1 Å². The van der Waals surface area contributed by atoms with Crippen LogP contribution in [-0.2, 0) is 5.41 Å². The number of rotatable bonds is 6. The summed E-state index contributed by atoms with van der Waals surface area (Å²) in [4.78, 5) is 2.49. The zero-order valence-corrected chi connectivity index (χ0v) is 29.8. The van der Waals surface area contributed by atoms with Crippen LogP contribution in [0.15, 0.2) is 192 Å². The van der Waals surface area contributed by atoms with Crippen molar-refractivity contribution in [3.05, 3.63) is 199 Å². The molecule has 1 aliphatic rings. The van der Waals surface area contributed by atoms with Gasteiger partial charge in [-0.1, -0.05) is 159 Å². The van der Waals surface area contributed by atoms with Crippen LogP contribution in [0.2, 0.25) is 0 Å². The first kappa shape index (κ1) is 31.1. The van der Waals surface area contributed by atoms with Gasteiger partial charge in [0.05, 0.1) is 11.4 Å². The molecule has 0 aliphatic heterocycles. The van der Waals surface area contributed by atoms with Crippen molar-refractivity contribution in [2.75, 3.05) is 4.90 Å². The third kappa shape index (κ3) is 5.02. The fourth-order valence-electron chi connectivity index (χ4n) is 8.53. The maximum atomic E-state index is 6.31. The number of hydrogen-bond donors (Lipinski definition) is 0. The molecule has 8 aromatic carbocycles. The van der Waals surface area contributed by atoms with Gasteiger partial charge in [-0.25, -0.2) is 0 Å². The van der Waals surface area contributed by atoms with Crippen LogP contribution in [0.5, 0.6) is 0 Å². The lowest BCUT2D eigenvalue weighted by Gasteiger charge is -2.31. The predicted molar refractivity (Wildman–Crippen MR) is 222 cm³/mol. The maximum Gasteiger partial charge on any atom is 0.135 e. The van der Waals surface area contributed by atoms with Crippen LogP contribution >= 0.6 is 0 Å². The van der Waals surface area contributed by atoms with E-state index in [2.05, 4.69) is 201 Å². The maximum absolute atomic E-state index is 6.31. The van der Waals surface area contributed by atoms with Gasteiger partial charge in [0.15, 0.2) is 0 Å². The second kappa shape index (κ2) is 12.3. The highest BCUT2D eigenvalue weighted by Gasteiger charge is 2.38. The van der Waals surface area contributed by atoms with E-state index in [-0.39, 0.29) is 5.41 Å². The highest BCUT2D eigenvalue weighted by molar-refractivity contribution is 6.08. The smallest absolute Gasteiger partial charge is 0.135 e.